The van der Waals surface area contributed by atoms with Gasteiger partial charge < -0.3 is 15.0 Å². The van der Waals surface area contributed by atoms with Crippen LogP contribution in [0.5, 0.6) is 0 Å². The second-order valence-corrected chi connectivity index (χ2v) is 4.64. The first-order valence-corrected chi connectivity index (χ1v) is 5.81. The molecule has 1 aliphatic rings. The number of aromatic nitrogens is 2. The van der Waals surface area contributed by atoms with Crippen molar-refractivity contribution in [2.24, 2.45) is 5.73 Å². The molecule has 90 valence electrons. The van der Waals surface area contributed by atoms with Crippen LogP contribution < -0.4 is 5.73 Å². The van der Waals surface area contributed by atoms with E-state index in [0.29, 0.717) is 19.0 Å². The molecule has 1 aliphatic heterocycles. The number of ether oxygens (including phenoxy) is 1. The van der Waals surface area contributed by atoms with Crippen molar-refractivity contribution >= 4 is 0 Å². The quantitative estimate of drug-likeness (QED) is 0.833. The fourth-order valence-corrected chi connectivity index (χ4v) is 1.77. The van der Waals surface area contributed by atoms with E-state index in [1.165, 1.54) is 0 Å². The van der Waals surface area contributed by atoms with E-state index in [4.69, 9.17) is 15.0 Å². The summed E-state index contributed by atoms with van der Waals surface area (Å²) in [5.74, 6) is 1.71. The van der Waals surface area contributed by atoms with Crippen LogP contribution >= 0.6 is 0 Å². The molecule has 0 bridgehead atoms. The summed E-state index contributed by atoms with van der Waals surface area (Å²) in [5.41, 5.74) is 5.56. The van der Waals surface area contributed by atoms with Gasteiger partial charge in [-0.3, -0.25) is 0 Å². The fraction of sp³-hybridized carbons (Fsp3) is 0.818. The van der Waals surface area contributed by atoms with E-state index < -0.39 is 0 Å². The van der Waals surface area contributed by atoms with E-state index in [9.17, 15) is 0 Å². The van der Waals surface area contributed by atoms with Gasteiger partial charge in [0.05, 0.1) is 12.0 Å². The average Bonchev–Trinajstić information content (AvgIpc) is 2.97. The van der Waals surface area contributed by atoms with E-state index in [1.807, 2.05) is 0 Å². The fourth-order valence-electron chi connectivity index (χ4n) is 1.77. The van der Waals surface area contributed by atoms with Crippen LogP contribution in [0.1, 0.15) is 44.3 Å². The van der Waals surface area contributed by atoms with Crippen molar-refractivity contribution < 1.29 is 9.26 Å². The number of hydrogen-bond acceptors (Lipinski definition) is 5. The maximum absolute atomic E-state index is 5.76. The zero-order valence-corrected chi connectivity index (χ0v) is 9.90. The zero-order chi connectivity index (χ0) is 11.6. The highest BCUT2D eigenvalue weighted by molar-refractivity contribution is 5.06. The molecule has 2 rings (SSSR count). The first-order valence-electron chi connectivity index (χ1n) is 5.81. The molecule has 2 unspecified atom stereocenters. The minimum atomic E-state index is -0.204. The van der Waals surface area contributed by atoms with Gasteiger partial charge in [-0.25, -0.2) is 0 Å². The summed E-state index contributed by atoms with van der Waals surface area (Å²) in [7, 11) is 0. The molecule has 0 radical (unpaired) electrons. The lowest BCUT2D eigenvalue weighted by molar-refractivity contribution is 0.192. The van der Waals surface area contributed by atoms with Crippen molar-refractivity contribution in [1.82, 2.24) is 10.1 Å². The Morgan fingerprint density at radius 3 is 2.94 bits per heavy atom. The van der Waals surface area contributed by atoms with Gasteiger partial charge in [0.25, 0.3) is 0 Å². The molecule has 0 aliphatic carbocycles. The Kier molecular flexibility index (Phi) is 3.25. The van der Waals surface area contributed by atoms with Gasteiger partial charge in [-0.1, -0.05) is 12.1 Å². The highest BCUT2D eigenvalue weighted by atomic mass is 16.5. The Morgan fingerprint density at radius 1 is 1.56 bits per heavy atom. The number of nitrogens with zero attached hydrogens (tertiary/aromatic N) is 2. The molecular weight excluding hydrogens is 206 g/mol. The number of hydrogen-bond donors (Lipinski definition) is 1. The molecule has 2 atom stereocenters. The predicted molar refractivity (Wildman–Crippen MR) is 59.2 cm³/mol. The van der Waals surface area contributed by atoms with Crippen molar-refractivity contribution in [2.45, 2.75) is 38.0 Å². The molecule has 2 N–H and O–H groups in total. The van der Waals surface area contributed by atoms with Crippen LogP contribution in [0, 0.1) is 0 Å². The van der Waals surface area contributed by atoms with Gasteiger partial charge in [-0.05, 0) is 19.8 Å². The summed E-state index contributed by atoms with van der Waals surface area (Å²) in [4.78, 5) is 4.47. The monoisotopic (exact) mass is 225 g/mol. The molecular formula is C11H19N3O2. The Bertz CT molecular complexity index is 341. The summed E-state index contributed by atoms with van der Waals surface area (Å²) in [5, 5.41) is 4.04. The standard InChI is InChI=1S/C11H19N3O2/c1-3-11(2,7-12)10-13-9(14-16-10)8-4-5-15-6-8/h8H,3-7,12H2,1-2H3. The van der Waals surface area contributed by atoms with Crippen LogP contribution in [0.4, 0.5) is 0 Å². The van der Waals surface area contributed by atoms with Crippen LogP contribution in [0.3, 0.4) is 0 Å². The van der Waals surface area contributed by atoms with Crippen molar-refractivity contribution in [3.05, 3.63) is 11.7 Å². The van der Waals surface area contributed by atoms with Crippen LogP contribution in [-0.2, 0) is 10.2 Å². The maximum Gasteiger partial charge on any atom is 0.233 e. The Balaban J connectivity index is 2.17. The van der Waals surface area contributed by atoms with Crippen molar-refractivity contribution in [3.63, 3.8) is 0 Å². The number of nitrogens with two attached hydrogens (primary N) is 1. The molecule has 5 nitrogen and oxygen atoms in total. The third-order valence-corrected chi connectivity index (χ3v) is 3.48. The van der Waals surface area contributed by atoms with Crippen molar-refractivity contribution in [2.75, 3.05) is 19.8 Å². The van der Waals surface area contributed by atoms with E-state index in [0.717, 1.165) is 25.3 Å². The van der Waals surface area contributed by atoms with E-state index in [-0.39, 0.29) is 11.3 Å². The largest absolute Gasteiger partial charge is 0.381 e. The van der Waals surface area contributed by atoms with Crippen molar-refractivity contribution in [1.29, 1.82) is 0 Å². The minimum Gasteiger partial charge on any atom is -0.381 e. The van der Waals surface area contributed by atoms with Gasteiger partial charge in [-0.2, -0.15) is 4.98 Å². The Hall–Kier alpha value is -0.940. The highest BCUT2D eigenvalue weighted by Gasteiger charge is 2.31. The number of rotatable bonds is 4. The van der Waals surface area contributed by atoms with Gasteiger partial charge in [0.2, 0.25) is 5.89 Å². The third kappa shape index (κ3) is 1.97. The Labute approximate surface area is 95.3 Å². The molecule has 1 fully saturated rings. The summed E-state index contributed by atoms with van der Waals surface area (Å²) in [6.07, 6.45) is 1.87. The lowest BCUT2D eigenvalue weighted by Crippen LogP contribution is -2.31. The van der Waals surface area contributed by atoms with Gasteiger partial charge in [0.1, 0.15) is 0 Å². The lowest BCUT2D eigenvalue weighted by atomic mass is 9.88. The molecule has 0 amide bonds. The second kappa shape index (κ2) is 4.51. The normalized spacial score (nSPS) is 24.6. The van der Waals surface area contributed by atoms with Gasteiger partial charge in [0, 0.05) is 19.1 Å². The minimum absolute atomic E-state index is 0.204. The smallest absolute Gasteiger partial charge is 0.233 e. The molecule has 1 aromatic rings. The highest BCUT2D eigenvalue weighted by Crippen LogP contribution is 2.28. The average molecular weight is 225 g/mol. The molecule has 2 heterocycles. The molecule has 1 saturated heterocycles. The summed E-state index contributed by atoms with van der Waals surface area (Å²) in [6.45, 7) is 6.14. The van der Waals surface area contributed by atoms with Gasteiger partial charge in [0.15, 0.2) is 5.82 Å². The van der Waals surface area contributed by atoms with E-state index >= 15 is 0 Å². The van der Waals surface area contributed by atoms with Gasteiger partial charge in [-0.15, -0.1) is 0 Å². The first-order chi connectivity index (χ1) is 7.69. The molecule has 0 aromatic carbocycles. The topological polar surface area (TPSA) is 74.2 Å². The van der Waals surface area contributed by atoms with Crippen LogP contribution in [0.2, 0.25) is 0 Å². The summed E-state index contributed by atoms with van der Waals surface area (Å²) < 4.78 is 10.6. The van der Waals surface area contributed by atoms with E-state index in [2.05, 4.69) is 24.0 Å². The first kappa shape index (κ1) is 11.5. The predicted octanol–water partition coefficient (Wildman–Crippen LogP) is 1.20. The zero-order valence-electron chi connectivity index (χ0n) is 9.90. The Morgan fingerprint density at radius 2 is 2.38 bits per heavy atom. The van der Waals surface area contributed by atoms with Crippen molar-refractivity contribution in [3.8, 4) is 0 Å². The maximum atomic E-state index is 5.76. The molecule has 16 heavy (non-hydrogen) atoms. The third-order valence-electron chi connectivity index (χ3n) is 3.48. The second-order valence-electron chi connectivity index (χ2n) is 4.64. The van der Waals surface area contributed by atoms with Crippen LogP contribution in [-0.4, -0.2) is 29.9 Å². The van der Waals surface area contributed by atoms with E-state index in [1.54, 1.807) is 0 Å². The molecule has 5 heteroatoms. The molecule has 0 spiro atoms. The summed E-state index contributed by atoms with van der Waals surface area (Å²) >= 11 is 0. The SMILES string of the molecule is CCC(C)(CN)c1nc(C2CCOC2)no1. The molecule has 1 aromatic heterocycles. The summed E-state index contributed by atoms with van der Waals surface area (Å²) in [6, 6.07) is 0. The molecule has 0 saturated carbocycles. The van der Waals surface area contributed by atoms with Crippen LogP contribution in [0.15, 0.2) is 4.52 Å². The lowest BCUT2D eigenvalue weighted by Gasteiger charge is -2.20. The van der Waals surface area contributed by atoms with Gasteiger partial charge >= 0.3 is 0 Å². The van der Waals surface area contributed by atoms with Crippen LogP contribution in [0.25, 0.3) is 0 Å².